The van der Waals surface area contributed by atoms with Crippen LogP contribution in [0.5, 0.6) is 11.5 Å². The maximum Gasteiger partial charge on any atom is 0.250 e. The molecule has 0 spiro atoms. The van der Waals surface area contributed by atoms with Crippen molar-refractivity contribution in [3.63, 3.8) is 0 Å². The van der Waals surface area contributed by atoms with Gasteiger partial charge in [0.25, 0.3) is 0 Å². The average Bonchev–Trinajstić information content (AvgIpc) is 3.28. The van der Waals surface area contributed by atoms with Crippen molar-refractivity contribution >= 4 is 24.1 Å². The van der Waals surface area contributed by atoms with Crippen molar-refractivity contribution in [1.82, 2.24) is 15.0 Å². The molecule has 30 heavy (non-hydrogen) atoms. The number of benzene rings is 1. The first kappa shape index (κ1) is 18.8. The number of fused-ring (bicyclic) bond motifs is 1. The van der Waals surface area contributed by atoms with Gasteiger partial charge in [0.1, 0.15) is 0 Å². The van der Waals surface area contributed by atoms with Gasteiger partial charge in [0, 0.05) is 26.2 Å². The molecule has 0 saturated carbocycles. The van der Waals surface area contributed by atoms with E-state index in [2.05, 4.69) is 35.3 Å². The number of nitrogens with zero attached hydrogens (tertiary/aromatic N) is 6. The molecule has 2 saturated heterocycles. The summed E-state index contributed by atoms with van der Waals surface area (Å²) >= 11 is 0. The maximum atomic E-state index is 5.45. The van der Waals surface area contributed by atoms with E-state index in [-0.39, 0.29) is 6.79 Å². The molecule has 5 rings (SSSR count). The number of nitrogens with one attached hydrogen (secondary N) is 1. The summed E-state index contributed by atoms with van der Waals surface area (Å²) in [6.07, 6.45) is 1.69. The van der Waals surface area contributed by atoms with Crippen molar-refractivity contribution in [2.45, 2.75) is 0 Å². The molecule has 1 aromatic carbocycles. The minimum atomic E-state index is 0.244. The molecular formula is C19H23N7O4. The first-order chi connectivity index (χ1) is 14.8. The van der Waals surface area contributed by atoms with Gasteiger partial charge in [-0.05, 0) is 23.8 Å². The van der Waals surface area contributed by atoms with Crippen LogP contribution in [0.2, 0.25) is 0 Å². The van der Waals surface area contributed by atoms with Gasteiger partial charge in [0.05, 0.1) is 32.6 Å². The molecule has 4 heterocycles. The van der Waals surface area contributed by atoms with Crippen molar-refractivity contribution in [3.8, 4) is 11.5 Å². The third kappa shape index (κ3) is 4.21. The number of hydrogen-bond acceptors (Lipinski definition) is 11. The highest BCUT2D eigenvalue weighted by atomic mass is 16.7. The second-order valence-corrected chi connectivity index (χ2v) is 6.94. The van der Waals surface area contributed by atoms with E-state index in [1.54, 1.807) is 6.21 Å². The zero-order chi connectivity index (χ0) is 20.2. The van der Waals surface area contributed by atoms with Crippen LogP contribution in [0.25, 0.3) is 0 Å². The molecule has 1 aromatic heterocycles. The van der Waals surface area contributed by atoms with Gasteiger partial charge >= 0.3 is 0 Å². The fraction of sp³-hybridized carbons (Fsp3) is 0.474. The Labute approximate surface area is 173 Å². The third-order valence-corrected chi connectivity index (χ3v) is 4.97. The number of anilines is 3. The van der Waals surface area contributed by atoms with Crippen LogP contribution < -0.4 is 24.7 Å². The van der Waals surface area contributed by atoms with Crippen LogP contribution in [0.15, 0.2) is 23.3 Å². The average molecular weight is 413 g/mol. The SMILES string of the molecule is C(=N\Nc1nc(N2CCOCC2)nc(N2CCOCC2)n1)/c1ccc2c(c1)OCO2. The molecule has 0 radical (unpaired) electrons. The van der Waals surface area contributed by atoms with Gasteiger partial charge in [0.2, 0.25) is 24.6 Å². The summed E-state index contributed by atoms with van der Waals surface area (Å²) in [6.45, 7) is 5.84. The van der Waals surface area contributed by atoms with E-state index in [4.69, 9.17) is 18.9 Å². The van der Waals surface area contributed by atoms with Crippen LogP contribution in [0.1, 0.15) is 5.56 Å². The van der Waals surface area contributed by atoms with E-state index < -0.39 is 0 Å². The summed E-state index contributed by atoms with van der Waals surface area (Å²) in [7, 11) is 0. The van der Waals surface area contributed by atoms with E-state index in [0.717, 1.165) is 37.5 Å². The fourth-order valence-corrected chi connectivity index (χ4v) is 3.37. The summed E-state index contributed by atoms with van der Waals surface area (Å²) in [5, 5.41) is 4.30. The Balaban J connectivity index is 1.35. The van der Waals surface area contributed by atoms with Crippen LogP contribution in [0, 0.1) is 0 Å². The lowest BCUT2D eigenvalue weighted by atomic mass is 10.2. The van der Waals surface area contributed by atoms with Crippen LogP contribution in [-0.4, -0.2) is 80.6 Å². The second-order valence-electron chi connectivity index (χ2n) is 6.94. The molecule has 1 N–H and O–H groups in total. The van der Waals surface area contributed by atoms with Crippen LogP contribution in [0.3, 0.4) is 0 Å². The Morgan fingerprint density at radius 2 is 1.47 bits per heavy atom. The van der Waals surface area contributed by atoms with Crippen LogP contribution in [0.4, 0.5) is 17.8 Å². The van der Waals surface area contributed by atoms with Crippen molar-refractivity contribution in [2.24, 2.45) is 5.10 Å². The Morgan fingerprint density at radius 3 is 2.13 bits per heavy atom. The van der Waals surface area contributed by atoms with Crippen LogP contribution in [-0.2, 0) is 9.47 Å². The quantitative estimate of drug-likeness (QED) is 0.557. The summed E-state index contributed by atoms with van der Waals surface area (Å²) in [6, 6.07) is 5.64. The summed E-state index contributed by atoms with van der Waals surface area (Å²) in [4.78, 5) is 18.0. The van der Waals surface area contributed by atoms with Gasteiger partial charge in [-0.15, -0.1) is 0 Å². The van der Waals surface area contributed by atoms with Crippen LogP contribution >= 0.6 is 0 Å². The van der Waals surface area contributed by atoms with E-state index in [0.29, 0.717) is 50.0 Å². The number of ether oxygens (including phenoxy) is 4. The monoisotopic (exact) mass is 413 g/mol. The first-order valence-corrected chi connectivity index (χ1v) is 9.95. The molecule has 0 bridgehead atoms. The molecule has 11 heteroatoms. The third-order valence-electron chi connectivity index (χ3n) is 4.97. The normalized spacial score (nSPS) is 18.8. The number of aromatic nitrogens is 3. The van der Waals surface area contributed by atoms with Gasteiger partial charge in [-0.25, -0.2) is 5.43 Å². The smallest absolute Gasteiger partial charge is 0.250 e. The Bertz CT molecular complexity index is 878. The van der Waals surface area contributed by atoms with Gasteiger partial charge in [0.15, 0.2) is 11.5 Å². The molecular weight excluding hydrogens is 390 g/mol. The summed E-state index contributed by atoms with van der Waals surface area (Å²) in [5.41, 5.74) is 3.82. The highest BCUT2D eigenvalue weighted by Crippen LogP contribution is 2.32. The molecule has 0 unspecified atom stereocenters. The standard InChI is InChI=1S/C19H23N7O4/c1-2-15-16(30-13-29-15)11-14(1)12-20-24-17-21-18(25-3-7-27-8-4-25)23-19(22-17)26-5-9-28-10-6-26/h1-2,11-12H,3-10,13H2,(H,21,22,23,24)/b20-12+. The molecule has 3 aliphatic heterocycles. The Morgan fingerprint density at radius 1 is 0.833 bits per heavy atom. The number of morpholine rings is 2. The fourth-order valence-electron chi connectivity index (χ4n) is 3.37. The molecule has 158 valence electrons. The lowest BCUT2D eigenvalue weighted by Gasteiger charge is -2.30. The van der Waals surface area contributed by atoms with Gasteiger partial charge < -0.3 is 28.7 Å². The minimum Gasteiger partial charge on any atom is -0.454 e. The number of hydrogen-bond donors (Lipinski definition) is 1. The summed E-state index contributed by atoms with van der Waals surface area (Å²) in [5.74, 6) is 3.09. The van der Waals surface area contributed by atoms with E-state index in [1.807, 2.05) is 18.2 Å². The van der Waals surface area contributed by atoms with Crippen molar-refractivity contribution < 1.29 is 18.9 Å². The molecule has 11 nitrogen and oxygen atoms in total. The predicted octanol–water partition coefficient (Wildman–Crippen LogP) is 0.719. The van der Waals surface area contributed by atoms with Crippen molar-refractivity contribution in [3.05, 3.63) is 23.8 Å². The Hall–Kier alpha value is -3.18. The predicted molar refractivity (Wildman–Crippen MR) is 110 cm³/mol. The molecule has 2 aromatic rings. The number of hydrazone groups is 1. The Kier molecular flexibility index (Phi) is 5.44. The first-order valence-electron chi connectivity index (χ1n) is 9.95. The molecule has 2 fully saturated rings. The van der Waals surface area contributed by atoms with Crippen molar-refractivity contribution in [1.29, 1.82) is 0 Å². The zero-order valence-electron chi connectivity index (χ0n) is 16.5. The van der Waals surface area contributed by atoms with Gasteiger partial charge in [-0.3, -0.25) is 0 Å². The van der Waals surface area contributed by atoms with E-state index in [1.165, 1.54) is 0 Å². The zero-order valence-corrected chi connectivity index (χ0v) is 16.5. The van der Waals surface area contributed by atoms with Gasteiger partial charge in [-0.1, -0.05) is 0 Å². The molecule has 3 aliphatic rings. The lowest BCUT2D eigenvalue weighted by molar-refractivity contribution is 0.121. The lowest BCUT2D eigenvalue weighted by Crippen LogP contribution is -2.40. The highest BCUT2D eigenvalue weighted by Gasteiger charge is 2.20. The number of rotatable bonds is 5. The molecule has 0 aliphatic carbocycles. The van der Waals surface area contributed by atoms with Gasteiger partial charge in [-0.2, -0.15) is 20.1 Å². The topological polar surface area (TPSA) is 106 Å². The van der Waals surface area contributed by atoms with E-state index >= 15 is 0 Å². The second kappa shape index (κ2) is 8.67. The largest absolute Gasteiger partial charge is 0.454 e. The maximum absolute atomic E-state index is 5.45. The van der Waals surface area contributed by atoms with Crippen molar-refractivity contribution in [2.75, 3.05) is 74.6 Å². The summed E-state index contributed by atoms with van der Waals surface area (Å²) < 4.78 is 21.6. The minimum absolute atomic E-state index is 0.244. The van der Waals surface area contributed by atoms with E-state index in [9.17, 15) is 0 Å². The molecule has 0 amide bonds. The highest BCUT2D eigenvalue weighted by molar-refractivity contribution is 5.81. The molecule has 0 atom stereocenters.